The molecule has 108 valence electrons. The van der Waals surface area contributed by atoms with Gasteiger partial charge in [0.1, 0.15) is 0 Å². The van der Waals surface area contributed by atoms with Crippen LogP contribution in [0.15, 0.2) is 12.1 Å². The van der Waals surface area contributed by atoms with Gasteiger partial charge in [-0.1, -0.05) is 12.1 Å². The zero-order valence-electron chi connectivity index (χ0n) is 12.8. The molecule has 2 saturated heterocycles. The molecule has 3 aliphatic heterocycles. The van der Waals surface area contributed by atoms with E-state index in [4.69, 9.17) is 0 Å². The number of piperidine rings is 2. The van der Waals surface area contributed by atoms with Crippen molar-refractivity contribution in [1.82, 2.24) is 10.2 Å². The summed E-state index contributed by atoms with van der Waals surface area (Å²) in [4.78, 5) is 2.77. The first-order valence-electron chi connectivity index (χ1n) is 8.30. The number of aryl methyl sites for hydroxylation is 2. The second-order valence-corrected chi connectivity index (χ2v) is 7.09. The van der Waals surface area contributed by atoms with Gasteiger partial charge in [-0.2, -0.15) is 0 Å². The van der Waals surface area contributed by atoms with Crippen molar-refractivity contribution in [1.29, 1.82) is 0 Å². The van der Waals surface area contributed by atoms with Gasteiger partial charge in [-0.05, 0) is 74.2 Å². The zero-order chi connectivity index (χ0) is 13.7. The minimum Gasteiger partial charge on any atom is -0.314 e. The average Bonchev–Trinajstić information content (AvgIpc) is 2.47. The second kappa shape index (κ2) is 4.85. The summed E-state index contributed by atoms with van der Waals surface area (Å²) in [5.74, 6) is 0.896. The van der Waals surface area contributed by atoms with Crippen molar-refractivity contribution in [2.75, 3.05) is 19.6 Å². The van der Waals surface area contributed by atoms with Crippen LogP contribution in [0.3, 0.4) is 0 Å². The summed E-state index contributed by atoms with van der Waals surface area (Å²) in [7, 11) is 0. The Hall–Kier alpha value is -0.860. The summed E-state index contributed by atoms with van der Waals surface area (Å²) >= 11 is 0. The van der Waals surface area contributed by atoms with Crippen LogP contribution in [0.4, 0.5) is 0 Å². The Morgan fingerprint density at radius 3 is 2.95 bits per heavy atom. The summed E-state index contributed by atoms with van der Waals surface area (Å²) in [6.45, 7) is 8.33. The Morgan fingerprint density at radius 1 is 1.20 bits per heavy atom. The lowest BCUT2D eigenvalue weighted by Gasteiger charge is -2.49. The van der Waals surface area contributed by atoms with Crippen LogP contribution >= 0.6 is 0 Å². The molecule has 2 nitrogen and oxygen atoms in total. The lowest BCUT2D eigenvalue weighted by molar-refractivity contribution is 0.0552. The maximum Gasteiger partial charge on any atom is 0.0366 e. The molecule has 0 amide bonds. The molecular weight excluding hydrogens is 244 g/mol. The van der Waals surface area contributed by atoms with Crippen molar-refractivity contribution in [3.05, 3.63) is 34.4 Å². The molecule has 0 aliphatic carbocycles. The van der Waals surface area contributed by atoms with Gasteiger partial charge in [0.25, 0.3) is 0 Å². The number of rotatable bonds is 0. The quantitative estimate of drug-likeness (QED) is 0.779. The second-order valence-electron chi connectivity index (χ2n) is 7.09. The first-order valence-corrected chi connectivity index (χ1v) is 8.30. The predicted octanol–water partition coefficient (Wildman–Crippen LogP) is 2.97. The third kappa shape index (κ3) is 2.01. The topological polar surface area (TPSA) is 15.3 Å². The highest BCUT2D eigenvalue weighted by atomic mass is 15.2. The molecular formula is C18H26N2. The van der Waals surface area contributed by atoms with Crippen LogP contribution in [0, 0.1) is 19.8 Å². The highest BCUT2D eigenvalue weighted by Gasteiger charge is 2.39. The van der Waals surface area contributed by atoms with Gasteiger partial charge >= 0.3 is 0 Å². The van der Waals surface area contributed by atoms with Gasteiger partial charge in [-0.25, -0.2) is 0 Å². The molecule has 1 aromatic carbocycles. The van der Waals surface area contributed by atoms with E-state index in [-0.39, 0.29) is 0 Å². The summed E-state index contributed by atoms with van der Waals surface area (Å²) in [6, 6.07) is 6.36. The molecule has 0 radical (unpaired) electrons. The number of nitrogens with one attached hydrogen (secondary N) is 1. The fourth-order valence-electron chi connectivity index (χ4n) is 4.59. The monoisotopic (exact) mass is 270 g/mol. The van der Waals surface area contributed by atoms with Gasteiger partial charge in [0.2, 0.25) is 0 Å². The molecule has 0 spiro atoms. The fourth-order valence-corrected chi connectivity index (χ4v) is 4.59. The van der Waals surface area contributed by atoms with E-state index in [9.17, 15) is 0 Å². The van der Waals surface area contributed by atoms with Crippen LogP contribution in [-0.2, 0) is 6.42 Å². The van der Waals surface area contributed by atoms with Gasteiger partial charge in [0.05, 0.1) is 0 Å². The van der Waals surface area contributed by atoms with Crippen LogP contribution in [0.25, 0.3) is 0 Å². The van der Waals surface area contributed by atoms with E-state index in [0.29, 0.717) is 6.04 Å². The minimum absolute atomic E-state index is 0.671. The third-order valence-electron chi connectivity index (χ3n) is 5.90. The van der Waals surface area contributed by atoms with Crippen molar-refractivity contribution in [3.63, 3.8) is 0 Å². The Labute approximate surface area is 122 Å². The molecule has 1 N–H and O–H groups in total. The molecule has 4 rings (SSSR count). The number of hydrogen-bond donors (Lipinski definition) is 1. The highest BCUT2D eigenvalue weighted by Crippen LogP contribution is 2.41. The Balaban J connectivity index is 1.67. The SMILES string of the molecule is Cc1cc2c(cc1C)[C@@H]1C[C@@H]3NCCC[C@@H]3CN1CC2. The van der Waals surface area contributed by atoms with Crippen molar-refractivity contribution < 1.29 is 0 Å². The third-order valence-corrected chi connectivity index (χ3v) is 5.90. The fraction of sp³-hybridized carbons (Fsp3) is 0.667. The van der Waals surface area contributed by atoms with E-state index < -0.39 is 0 Å². The van der Waals surface area contributed by atoms with Crippen molar-refractivity contribution in [2.45, 2.75) is 51.6 Å². The molecule has 0 unspecified atom stereocenters. The largest absolute Gasteiger partial charge is 0.314 e. The molecule has 20 heavy (non-hydrogen) atoms. The van der Waals surface area contributed by atoms with Crippen LogP contribution < -0.4 is 5.32 Å². The van der Waals surface area contributed by atoms with E-state index in [1.807, 2.05) is 0 Å². The maximum absolute atomic E-state index is 3.78. The summed E-state index contributed by atoms with van der Waals surface area (Å²) in [5, 5.41) is 3.78. The summed E-state index contributed by atoms with van der Waals surface area (Å²) < 4.78 is 0. The van der Waals surface area contributed by atoms with Gasteiger partial charge in [-0.15, -0.1) is 0 Å². The number of benzene rings is 1. The maximum atomic E-state index is 3.78. The lowest BCUT2D eigenvalue weighted by atomic mass is 9.77. The van der Waals surface area contributed by atoms with Gasteiger partial charge in [0.15, 0.2) is 0 Å². The van der Waals surface area contributed by atoms with Crippen molar-refractivity contribution in [3.8, 4) is 0 Å². The highest BCUT2D eigenvalue weighted by molar-refractivity contribution is 5.41. The Morgan fingerprint density at radius 2 is 2.05 bits per heavy atom. The van der Waals surface area contributed by atoms with Crippen molar-refractivity contribution >= 4 is 0 Å². The minimum atomic E-state index is 0.671. The number of hydrogen-bond acceptors (Lipinski definition) is 2. The molecule has 3 atom stereocenters. The van der Waals surface area contributed by atoms with Crippen LogP contribution in [0.5, 0.6) is 0 Å². The lowest BCUT2D eigenvalue weighted by Crippen LogP contribution is -2.54. The molecule has 2 heteroatoms. The summed E-state index contributed by atoms with van der Waals surface area (Å²) in [5.41, 5.74) is 6.17. The Bertz CT molecular complexity index is 522. The Kier molecular flexibility index (Phi) is 3.12. The number of nitrogens with zero attached hydrogens (tertiary/aromatic N) is 1. The van der Waals surface area contributed by atoms with E-state index in [0.717, 1.165) is 12.0 Å². The van der Waals surface area contributed by atoms with Gasteiger partial charge in [0, 0.05) is 25.2 Å². The van der Waals surface area contributed by atoms with E-state index in [2.05, 4.69) is 36.2 Å². The van der Waals surface area contributed by atoms with Crippen molar-refractivity contribution in [2.24, 2.45) is 5.92 Å². The van der Waals surface area contributed by atoms with Gasteiger partial charge in [-0.3, -0.25) is 4.90 Å². The van der Waals surface area contributed by atoms with Crippen LogP contribution in [-0.4, -0.2) is 30.6 Å². The van der Waals surface area contributed by atoms with Gasteiger partial charge < -0.3 is 5.32 Å². The molecule has 0 bridgehead atoms. The normalized spacial score (nSPS) is 33.2. The van der Waals surface area contributed by atoms with E-state index >= 15 is 0 Å². The smallest absolute Gasteiger partial charge is 0.0366 e. The zero-order valence-corrected chi connectivity index (χ0v) is 12.8. The molecule has 2 fully saturated rings. The molecule has 0 aromatic heterocycles. The predicted molar refractivity (Wildman–Crippen MR) is 83.1 cm³/mol. The first-order chi connectivity index (χ1) is 9.72. The number of fused-ring (bicyclic) bond motifs is 4. The molecule has 3 heterocycles. The standard InChI is InChI=1S/C18H26N2/c1-12-8-14-5-7-20-11-15-4-3-6-19-17(15)10-18(20)16(14)9-13(12)2/h8-9,15,17-19H,3-7,10-11H2,1-2H3/t15-,17+,18+/m1/s1. The summed E-state index contributed by atoms with van der Waals surface area (Å²) in [6.07, 6.45) is 5.37. The van der Waals surface area contributed by atoms with Crippen LogP contribution in [0.1, 0.15) is 47.6 Å². The van der Waals surface area contributed by atoms with E-state index in [1.54, 1.807) is 11.1 Å². The average molecular weight is 270 g/mol. The molecule has 0 saturated carbocycles. The first kappa shape index (κ1) is 12.8. The van der Waals surface area contributed by atoms with E-state index in [1.165, 1.54) is 56.4 Å². The molecule has 3 aliphatic rings. The molecule has 1 aromatic rings. The van der Waals surface area contributed by atoms with Crippen LogP contribution in [0.2, 0.25) is 0 Å².